The molecule has 0 saturated heterocycles. The highest BCUT2D eigenvalue weighted by atomic mass is 35.5. The number of hydrogen-bond donors (Lipinski definition) is 1. The molecule has 0 aromatic heterocycles. The van der Waals surface area contributed by atoms with Crippen molar-refractivity contribution >= 4 is 38.9 Å². The minimum absolute atomic E-state index is 0.0463. The van der Waals surface area contributed by atoms with Crippen molar-refractivity contribution in [2.45, 2.75) is 37.0 Å². The van der Waals surface area contributed by atoms with E-state index < -0.39 is 9.84 Å². The van der Waals surface area contributed by atoms with Crippen LogP contribution in [0.2, 0.25) is 10.0 Å². The predicted octanol–water partition coefficient (Wildman–Crippen LogP) is 3.46. The van der Waals surface area contributed by atoms with Gasteiger partial charge in [-0.3, -0.25) is 4.79 Å². The first-order valence-corrected chi connectivity index (χ1v) is 9.74. The number of carbonyl (C=O) groups is 1. The van der Waals surface area contributed by atoms with Crippen LogP contribution in [0.25, 0.3) is 0 Å². The number of benzene rings is 1. The third-order valence-corrected chi connectivity index (χ3v) is 6.36. The van der Waals surface area contributed by atoms with Gasteiger partial charge in [-0.15, -0.1) is 0 Å². The molecule has 4 nitrogen and oxygen atoms in total. The van der Waals surface area contributed by atoms with Crippen LogP contribution in [0.5, 0.6) is 0 Å². The lowest BCUT2D eigenvalue weighted by Crippen LogP contribution is -2.29. The van der Waals surface area contributed by atoms with Gasteiger partial charge in [0.15, 0.2) is 9.84 Å². The van der Waals surface area contributed by atoms with Crippen LogP contribution in [0.3, 0.4) is 0 Å². The maximum Gasteiger partial charge on any atom is 0.221 e. The normalized spacial score (nSPS) is 15.9. The zero-order valence-electron chi connectivity index (χ0n) is 12.1. The third kappa shape index (κ3) is 4.86. The van der Waals surface area contributed by atoms with Crippen molar-refractivity contribution in [3.05, 3.63) is 28.2 Å². The van der Waals surface area contributed by atoms with Crippen LogP contribution in [0.4, 0.5) is 0 Å². The van der Waals surface area contributed by atoms with Crippen molar-refractivity contribution < 1.29 is 13.2 Å². The summed E-state index contributed by atoms with van der Waals surface area (Å²) in [6.07, 6.45) is 4.66. The lowest BCUT2D eigenvalue weighted by atomic mass is 10.1. The molecule has 1 aromatic carbocycles. The van der Waals surface area contributed by atoms with Crippen LogP contribution in [0.1, 0.15) is 32.1 Å². The fraction of sp³-hybridized carbons (Fsp3) is 0.533. The van der Waals surface area contributed by atoms with Crippen LogP contribution in [-0.2, 0) is 14.6 Å². The quantitative estimate of drug-likeness (QED) is 0.841. The summed E-state index contributed by atoms with van der Waals surface area (Å²) in [7, 11) is -3.54. The van der Waals surface area contributed by atoms with Gasteiger partial charge in [0.2, 0.25) is 5.91 Å². The summed E-state index contributed by atoms with van der Waals surface area (Å²) in [6.45, 7) is 0.644. The van der Waals surface area contributed by atoms with E-state index in [9.17, 15) is 13.2 Å². The van der Waals surface area contributed by atoms with Gasteiger partial charge >= 0.3 is 0 Å². The van der Waals surface area contributed by atoms with Gasteiger partial charge in [0, 0.05) is 13.0 Å². The predicted molar refractivity (Wildman–Crippen MR) is 88.1 cm³/mol. The van der Waals surface area contributed by atoms with Crippen molar-refractivity contribution in [2.75, 3.05) is 12.3 Å². The van der Waals surface area contributed by atoms with Crippen molar-refractivity contribution in [3.63, 3.8) is 0 Å². The Morgan fingerprint density at radius 1 is 1.18 bits per heavy atom. The number of amides is 1. The van der Waals surface area contributed by atoms with Gasteiger partial charge in [-0.1, -0.05) is 36.0 Å². The highest BCUT2D eigenvalue weighted by Crippen LogP contribution is 2.26. The largest absolute Gasteiger partial charge is 0.356 e. The number of rotatable bonds is 6. The first kappa shape index (κ1) is 17.6. The van der Waals surface area contributed by atoms with E-state index in [1.807, 2.05) is 0 Å². The summed E-state index contributed by atoms with van der Waals surface area (Å²) in [5.74, 6) is 0.0766. The number of sulfone groups is 1. The Labute approximate surface area is 141 Å². The molecule has 1 saturated carbocycles. The summed E-state index contributed by atoms with van der Waals surface area (Å²) in [6, 6.07) is 4.16. The zero-order chi connectivity index (χ0) is 16.2. The lowest BCUT2D eigenvalue weighted by molar-refractivity contribution is -0.120. The molecular weight excluding hydrogens is 345 g/mol. The summed E-state index contributed by atoms with van der Waals surface area (Å²) in [5, 5.41) is 3.31. The summed E-state index contributed by atoms with van der Waals surface area (Å²) in [5.41, 5.74) is 0. The lowest BCUT2D eigenvalue weighted by Gasteiger charge is -2.11. The fourth-order valence-corrected chi connectivity index (χ4v) is 4.20. The second-order valence-electron chi connectivity index (χ2n) is 5.60. The standard InChI is InChI=1S/C15H19Cl2NO3S/c16-13-6-5-12(9-14(13)17)22(20,21)8-7-15(19)18-10-11-3-1-2-4-11/h5-6,9,11H,1-4,7-8,10H2,(H,18,19). The molecule has 0 heterocycles. The first-order chi connectivity index (χ1) is 10.4. The SMILES string of the molecule is O=C(CCS(=O)(=O)c1ccc(Cl)c(Cl)c1)NCC1CCCC1. The average molecular weight is 364 g/mol. The van der Waals surface area contributed by atoms with Crippen molar-refractivity contribution in [1.82, 2.24) is 5.32 Å². The number of nitrogens with one attached hydrogen (secondary N) is 1. The van der Waals surface area contributed by atoms with E-state index in [-0.39, 0.29) is 28.0 Å². The number of carbonyl (C=O) groups excluding carboxylic acids is 1. The van der Waals surface area contributed by atoms with Crippen molar-refractivity contribution in [3.8, 4) is 0 Å². The highest BCUT2D eigenvalue weighted by Gasteiger charge is 2.19. The Morgan fingerprint density at radius 2 is 1.86 bits per heavy atom. The molecule has 1 fully saturated rings. The molecule has 0 aliphatic heterocycles. The maximum atomic E-state index is 12.2. The molecule has 1 aliphatic rings. The van der Waals surface area contributed by atoms with Gasteiger partial charge in [-0.2, -0.15) is 0 Å². The highest BCUT2D eigenvalue weighted by molar-refractivity contribution is 7.91. The van der Waals surface area contributed by atoms with Gasteiger partial charge < -0.3 is 5.32 Å². The third-order valence-electron chi connectivity index (χ3n) is 3.91. The van der Waals surface area contributed by atoms with Gasteiger partial charge in [0.05, 0.1) is 20.7 Å². The molecule has 2 rings (SSSR count). The van der Waals surface area contributed by atoms with Crippen LogP contribution in [0.15, 0.2) is 23.1 Å². The minimum atomic E-state index is -3.54. The Bertz CT molecular complexity index is 640. The molecule has 7 heteroatoms. The van der Waals surface area contributed by atoms with Crippen LogP contribution in [0, 0.1) is 5.92 Å². The molecule has 0 spiro atoms. The molecule has 0 bridgehead atoms. The zero-order valence-corrected chi connectivity index (χ0v) is 14.5. The summed E-state index contributed by atoms with van der Waals surface area (Å²) < 4.78 is 24.4. The Balaban J connectivity index is 1.85. The second-order valence-corrected chi connectivity index (χ2v) is 8.52. The molecule has 0 atom stereocenters. The Hall–Kier alpha value is -0.780. The molecule has 22 heavy (non-hydrogen) atoms. The molecule has 1 aromatic rings. The molecule has 1 amide bonds. The van der Waals surface area contributed by atoms with E-state index in [4.69, 9.17) is 23.2 Å². The topological polar surface area (TPSA) is 63.2 Å². The number of hydrogen-bond acceptors (Lipinski definition) is 3. The molecule has 0 radical (unpaired) electrons. The van der Waals surface area contributed by atoms with E-state index >= 15 is 0 Å². The Morgan fingerprint density at radius 3 is 2.50 bits per heavy atom. The second kappa shape index (κ2) is 7.66. The monoisotopic (exact) mass is 363 g/mol. The smallest absolute Gasteiger partial charge is 0.221 e. The van der Waals surface area contributed by atoms with Gasteiger partial charge in [0.1, 0.15) is 0 Å². The molecular formula is C15H19Cl2NO3S. The van der Waals surface area contributed by atoms with E-state index in [1.54, 1.807) is 0 Å². The van der Waals surface area contributed by atoms with Crippen molar-refractivity contribution in [2.24, 2.45) is 5.92 Å². The summed E-state index contributed by atoms with van der Waals surface area (Å²) >= 11 is 11.6. The van der Waals surface area contributed by atoms with E-state index in [1.165, 1.54) is 31.0 Å². The van der Waals surface area contributed by atoms with Crippen LogP contribution >= 0.6 is 23.2 Å². The molecule has 1 aliphatic carbocycles. The van der Waals surface area contributed by atoms with Gasteiger partial charge in [-0.05, 0) is 37.0 Å². The van der Waals surface area contributed by atoms with Crippen LogP contribution in [-0.4, -0.2) is 26.6 Å². The van der Waals surface area contributed by atoms with Gasteiger partial charge in [0.25, 0.3) is 0 Å². The van der Waals surface area contributed by atoms with Crippen LogP contribution < -0.4 is 5.32 Å². The molecule has 0 unspecified atom stereocenters. The fourth-order valence-electron chi connectivity index (χ4n) is 2.58. The van der Waals surface area contributed by atoms with E-state index in [0.717, 1.165) is 12.8 Å². The summed E-state index contributed by atoms with van der Waals surface area (Å²) in [4.78, 5) is 11.9. The number of halogens is 2. The first-order valence-electron chi connectivity index (χ1n) is 7.33. The molecule has 1 N–H and O–H groups in total. The van der Waals surface area contributed by atoms with E-state index in [2.05, 4.69) is 5.32 Å². The average Bonchev–Trinajstić information content (AvgIpc) is 2.99. The van der Waals surface area contributed by atoms with Gasteiger partial charge in [-0.25, -0.2) is 8.42 Å². The molecule has 122 valence electrons. The minimum Gasteiger partial charge on any atom is -0.356 e. The van der Waals surface area contributed by atoms with E-state index in [0.29, 0.717) is 17.5 Å². The maximum absolute atomic E-state index is 12.2. The Kier molecular flexibility index (Phi) is 6.12. The van der Waals surface area contributed by atoms with Crippen molar-refractivity contribution in [1.29, 1.82) is 0 Å².